The Hall–Kier alpha value is -5.27. The van der Waals surface area contributed by atoms with Gasteiger partial charge in [-0.15, -0.1) is 0 Å². The van der Waals surface area contributed by atoms with Gasteiger partial charge in [0.15, 0.2) is 5.96 Å². The van der Waals surface area contributed by atoms with Crippen LogP contribution in [-0.2, 0) is 49.6 Å². The van der Waals surface area contributed by atoms with Crippen molar-refractivity contribution in [2.24, 2.45) is 39.8 Å². The number of thiol groups is 2. The van der Waals surface area contributed by atoms with Crippen molar-refractivity contribution < 1.29 is 43.2 Å². The zero-order chi connectivity index (χ0) is 51.5. The maximum atomic E-state index is 13.9. The van der Waals surface area contributed by atoms with Gasteiger partial charge in [0.25, 0.3) is 0 Å². The van der Waals surface area contributed by atoms with Crippen LogP contribution in [0.5, 0.6) is 0 Å². The average Bonchev–Trinajstić information content (AvgIpc) is 3.27. The number of nitrogens with one attached hydrogen (secondary N) is 8. The molecular formula is C43H73N13O9S3. The lowest BCUT2D eigenvalue weighted by Gasteiger charge is -2.27. The number of hydrogen-bond donors (Lipinski definition) is 14. The summed E-state index contributed by atoms with van der Waals surface area (Å²) in [6.07, 6.45) is 2.66. The number of hydrogen-bond acceptors (Lipinski definition) is 14. The smallest absolute Gasteiger partial charge is 0.244 e. The molecule has 16 N–H and O–H groups in total. The minimum atomic E-state index is -1.28. The third kappa shape index (κ3) is 24.1. The summed E-state index contributed by atoms with van der Waals surface area (Å²) in [5, 5.41) is 20.7. The van der Waals surface area contributed by atoms with E-state index in [0.717, 1.165) is 5.56 Å². The molecule has 0 bridgehead atoms. The molecule has 1 aromatic carbocycles. The molecule has 25 heteroatoms. The van der Waals surface area contributed by atoms with Crippen molar-refractivity contribution >= 4 is 96.1 Å². The normalized spacial score (nSPS) is 14.6. The number of nitrogens with zero attached hydrogens (tertiary/aromatic N) is 1. The molecule has 0 radical (unpaired) electrons. The summed E-state index contributed by atoms with van der Waals surface area (Å²) < 4.78 is 0. The minimum Gasteiger partial charge on any atom is -0.370 e. The van der Waals surface area contributed by atoms with Crippen molar-refractivity contribution in [3.05, 3.63) is 35.9 Å². The highest BCUT2D eigenvalue weighted by Gasteiger charge is 2.33. The third-order valence-corrected chi connectivity index (χ3v) is 11.3. The van der Waals surface area contributed by atoms with Crippen LogP contribution in [0.3, 0.4) is 0 Å². The standard InChI is InChI=1S/C43H73N13O9S3/c1-23(2)17-30(40(63)52-29(35(45)58)19-26-11-8-7-9-12-26)54-42(65)33(22-67)56-41(64)31(18-24(3)4)53-38(61)27(13-10-15-48-43(46)47)50-34(57)20-49-37(60)32(21-66)55-39(62)28(14-16-68-6)51-36(59)25(5)44/h7-9,11-12,23-25,27-33,66-67H,10,13-22,44H2,1-6H3,(H2,45,58)(H,49,60)(H,50,57)(H,51,59)(H,52,63)(H,53,61)(H,54,65)(H,55,62)(H,56,64)(H4,46,47,48)/t25-,27-,28-,29-,30-,31-,32-,33-/m0/s1. The molecule has 22 nitrogen and oxygen atoms in total. The van der Waals surface area contributed by atoms with E-state index >= 15 is 0 Å². The van der Waals surface area contributed by atoms with E-state index in [0.29, 0.717) is 5.75 Å². The summed E-state index contributed by atoms with van der Waals surface area (Å²) in [5.41, 5.74) is 22.9. The Kier molecular flexibility index (Phi) is 29.0. The lowest BCUT2D eigenvalue weighted by atomic mass is 10.0. The van der Waals surface area contributed by atoms with Crippen LogP contribution in [-0.4, -0.2) is 144 Å². The Bertz CT molecular complexity index is 1860. The number of carbonyl (C=O) groups is 9. The Morgan fingerprint density at radius 3 is 1.49 bits per heavy atom. The summed E-state index contributed by atoms with van der Waals surface area (Å²) >= 11 is 9.91. The fourth-order valence-corrected chi connectivity index (χ4v) is 7.33. The fraction of sp³-hybridized carbons (Fsp3) is 0.628. The topological polar surface area (TPSA) is 366 Å². The van der Waals surface area contributed by atoms with E-state index in [4.69, 9.17) is 22.9 Å². The molecule has 68 heavy (non-hydrogen) atoms. The van der Waals surface area contributed by atoms with E-state index in [1.54, 1.807) is 44.2 Å². The highest BCUT2D eigenvalue weighted by Crippen LogP contribution is 2.11. The lowest BCUT2D eigenvalue weighted by Crippen LogP contribution is -2.60. The summed E-state index contributed by atoms with van der Waals surface area (Å²) in [5.74, 6) is -6.78. The van der Waals surface area contributed by atoms with Gasteiger partial charge in [-0.1, -0.05) is 58.0 Å². The molecule has 0 spiro atoms. The Labute approximate surface area is 413 Å². The van der Waals surface area contributed by atoms with Crippen LogP contribution in [0.4, 0.5) is 0 Å². The molecule has 1 rings (SSSR count). The van der Waals surface area contributed by atoms with E-state index in [1.165, 1.54) is 18.7 Å². The molecule has 8 atom stereocenters. The van der Waals surface area contributed by atoms with Crippen molar-refractivity contribution in [2.45, 2.75) is 121 Å². The molecule has 0 fully saturated rings. The lowest BCUT2D eigenvalue weighted by molar-refractivity contribution is -0.135. The summed E-state index contributed by atoms with van der Waals surface area (Å²) in [4.78, 5) is 123. The number of thioether (sulfide) groups is 1. The number of aliphatic imine (C=N–C) groups is 1. The Balaban J connectivity index is 3.18. The molecule has 0 aliphatic carbocycles. The Morgan fingerprint density at radius 2 is 1.03 bits per heavy atom. The second-order valence-electron chi connectivity index (χ2n) is 16.9. The first-order valence-corrected chi connectivity index (χ1v) is 24.9. The maximum Gasteiger partial charge on any atom is 0.244 e. The van der Waals surface area contributed by atoms with E-state index in [-0.39, 0.29) is 74.4 Å². The molecule has 0 aliphatic rings. The quantitative estimate of drug-likeness (QED) is 0.0152. The van der Waals surface area contributed by atoms with Gasteiger partial charge in [0, 0.05) is 24.5 Å². The van der Waals surface area contributed by atoms with Gasteiger partial charge in [0.1, 0.15) is 42.3 Å². The highest BCUT2D eigenvalue weighted by atomic mass is 32.2. The molecule has 382 valence electrons. The van der Waals surface area contributed by atoms with E-state index in [9.17, 15) is 43.2 Å². The Morgan fingerprint density at radius 1 is 0.588 bits per heavy atom. The maximum absolute atomic E-state index is 13.9. The monoisotopic (exact) mass is 1010 g/mol. The number of nitrogens with two attached hydrogens (primary N) is 4. The number of primary amides is 1. The van der Waals surface area contributed by atoms with Crippen LogP contribution < -0.4 is 65.5 Å². The molecule has 0 aliphatic heterocycles. The van der Waals surface area contributed by atoms with E-state index in [2.05, 4.69) is 72.8 Å². The summed E-state index contributed by atoms with van der Waals surface area (Å²) in [7, 11) is 0. The first-order valence-electron chi connectivity index (χ1n) is 22.3. The minimum absolute atomic E-state index is 0.0128. The SMILES string of the molecule is CSCC[C@H](NC(=O)[C@H](C)N)C(=O)N[C@@H](CS)C(=O)NCC(=O)N[C@@H](CCCN=C(N)N)C(=O)N[C@@H](CC(C)C)C(=O)N[C@@H](CS)C(=O)N[C@@H](CC(C)C)C(=O)N[C@@H](Cc1ccccc1)C(N)=O. The molecule has 0 saturated heterocycles. The number of guanidine groups is 1. The van der Waals surface area contributed by atoms with Crippen LogP contribution in [0.15, 0.2) is 35.3 Å². The van der Waals surface area contributed by atoms with Crippen LogP contribution >= 0.6 is 37.0 Å². The largest absolute Gasteiger partial charge is 0.370 e. The van der Waals surface area contributed by atoms with Crippen LogP contribution in [0.25, 0.3) is 0 Å². The van der Waals surface area contributed by atoms with Crippen molar-refractivity contribution in [2.75, 3.05) is 36.6 Å². The van der Waals surface area contributed by atoms with Crippen LogP contribution in [0.2, 0.25) is 0 Å². The first kappa shape index (κ1) is 60.7. The molecule has 0 unspecified atom stereocenters. The first-order chi connectivity index (χ1) is 32.0. The number of carbonyl (C=O) groups excluding carboxylic acids is 9. The zero-order valence-electron chi connectivity index (χ0n) is 39.7. The molecule has 0 aromatic heterocycles. The van der Waals surface area contributed by atoms with Crippen molar-refractivity contribution in [1.82, 2.24) is 42.5 Å². The van der Waals surface area contributed by atoms with Gasteiger partial charge in [-0.2, -0.15) is 37.0 Å². The van der Waals surface area contributed by atoms with Gasteiger partial charge in [0.05, 0.1) is 12.6 Å². The van der Waals surface area contributed by atoms with Gasteiger partial charge in [-0.3, -0.25) is 48.1 Å². The van der Waals surface area contributed by atoms with Gasteiger partial charge in [0.2, 0.25) is 53.2 Å². The zero-order valence-corrected chi connectivity index (χ0v) is 42.3. The number of benzene rings is 1. The average molecular weight is 1010 g/mol. The van der Waals surface area contributed by atoms with E-state index < -0.39 is 108 Å². The second-order valence-corrected chi connectivity index (χ2v) is 18.7. The highest BCUT2D eigenvalue weighted by molar-refractivity contribution is 7.98. The van der Waals surface area contributed by atoms with Gasteiger partial charge in [-0.05, 0) is 68.4 Å². The summed E-state index contributed by atoms with van der Waals surface area (Å²) in [6, 6.07) is -0.118. The number of amides is 9. The number of rotatable bonds is 32. The third-order valence-electron chi connectivity index (χ3n) is 9.93. The second kappa shape index (κ2) is 32.5. The molecule has 0 saturated carbocycles. The van der Waals surface area contributed by atoms with Gasteiger partial charge >= 0.3 is 0 Å². The molecule has 0 heterocycles. The van der Waals surface area contributed by atoms with Gasteiger partial charge in [-0.25, -0.2) is 0 Å². The predicted molar refractivity (Wildman–Crippen MR) is 269 cm³/mol. The van der Waals surface area contributed by atoms with E-state index in [1.807, 2.05) is 20.1 Å². The van der Waals surface area contributed by atoms with Crippen LogP contribution in [0.1, 0.15) is 72.3 Å². The molecule has 9 amide bonds. The van der Waals surface area contributed by atoms with Crippen molar-refractivity contribution in [3.63, 3.8) is 0 Å². The summed E-state index contributed by atoms with van der Waals surface area (Å²) in [6.45, 7) is 8.21. The molecule has 1 aromatic rings. The predicted octanol–water partition coefficient (Wildman–Crippen LogP) is -2.67. The van der Waals surface area contributed by atoms with Gasteiger partial charge < -0.3 is 65.5 Å². The fourth-order valence-electron chi connectivity index (χ4n) is 6.34. The van der Waals surface area contributed by atoms with Crippen molar-refractivity contribution in [3.8, 4) is 0 Å². The molecular weight excluding hydrogens is 939 g/mol. The van der Waals surface area contributed by atoms with Crippen molar-refractivity contribution in [1.29, 1.82) is 0 Å². The van der Waals surface area contributed by atoms with Crippen LogP contribution in [0, 0.1) is 11.8 Å².